The predicted molar refractivity (Wildman–Crippen MR) is 130 cm³/mol. The van der Waals surface area contributed by atoms with Gasteiger partial charge in [0.15, 0.2) is 0 Å². The number of hydrazone groups is 1. The first-order chi connectivity index (χ1) is 16.3. The molecule has 2 aromatic carbocycles. The Bertz CT molecular complexity index is 1390. The molecule has 34 heavy (non-hydrogen) atoms. The maximum absolute atomic E-state index is 11.1. The first-order valence-electron chi connectivity index (χ1n) is 9.88. The number of hydrogen-bond donors (Lipinski definition) is 3. The van der Waals surface area contributed by atoms with Gasteiger partial charge in [-0.1, -0.05) is 34.1 Å². The fraction of sp³-hybridized carbons (Fsp3) is 0.0952. The van der Waals surface area contributed by atoms with Crippen LogP contribution < -0.4 is 10.7 Å². The van der Waals surface area contributed by atoms with E-state index in [1.54, 1.807) is 4.68 Å². The monoisotopic (exact) mass is 523 g/mol. The van der Waals surface area contributed by atoms with Gasteiger partial charge in [0, 0.05) is 27.5 Å². The summed E-state index contributed by atoms with van der Waals surface area (Å²) in [5, 5.41) is 32.9. The fourth-order valence-corrected chi connectivity index (χ4v) is 3.51. The van der Waals surface area contributed by atoms with Gasteiger partial charge in [-0.25, -0.2) is 10.1 Å². The Kier molecular flexibility index (Phi) is 6.45. The summed E-state index contributed by atoms with van der Waals surface area (Å²) in [5.41, 5.74) is 4.76. The van der Waals surface area contributed by atoms with Crippen molar-refractivity contribution in [3.8, 4) is 11.7 Å². The van der Waals surface area contributed by atoms with Crippen molar-refractivity contribution in [1.29, 1.82) is 0 Å². The van der Waals surface area contributed by atoms with Crippen molar-refractivity contribution in [2.45, 2.75) is 13.8 Å². The summed E-state index contributed by atoms with van der Waals surface area (Å²) in [6.45, 7) is 3.74. The Balaban J connectivity index is 1.67. The van der Waals surface area contributed by atoms with Crippen molar-refractivity contribution in [3.05, 3.63) is 80.1 Å². The van der Waals surface area contributed by atoms with Crippen LogP contribution in [0.2, 0.25) is 0 Å². The molecular weight excluding hydrogens is 506 g/mol. The van der Waals surface area contributed by atoms with E-state index in [1.165, 1.54) is 18.3 Å². The Hall–Kier alpha value is -4.39. The second kappa shape index (κ2) is 9.62. The number of nitro benzene ring substituents is 1. The molecule has 0 aliphatic heterocycles. The van der Waals surface area contributed by atoms with E-state index in [2.05, 4.69) is 51.8 Å². The van der Waals surface area contributed by atoms with Crippen LogP contribution in [0.3, 0.4) is 0 Å². The lowest BCUT2D eigenvalue weighted by Crippen LogP contribution is -2.11. The highest BCUT2D eigenvalue weighted by Crippen LogP contribution is 2.32. The van der Waals surface area contributed by atoms with E-state index in [0.717, 1.165) is 17.1 Å². The third-order valence-corrected chi connectivity index (χ3v) is 4.96. The van der Waals surface area contributed by atoms with E-state index in [1.807, 2.05) is 50.2 Å². The quantitative estimate of drug-likeness (QED) is 0.183. The number of phenolic OH excluding ortho intramolecular Hbond substituents is 1. The van der Waals surface area contributed by atoms with Gasteiger partial charge in [-0.3, -0.25) is 10.1 Å². The Morgan fingerprint density at radius 2 is 1.85 bits per heavy atom. The molecule has 2 heterocycles. The predicted octanol–water partition coefficient (Wildman–Crippen LogP) is 4.24. The van der Waals surface area contributed by atoms with Gasteiger partial charge < -0.3 is 10.4 Å². The zero-order valence-corrected chi connectivity index (χ0v) is 19.6. The number of hydrogen-bond acceptors (Lipinski definition) is 10. The number of halogens is 1. The summed E-state index contributed by atoms with van der Waals surface area (Å²) in [4.78, 5) is 23.6. The highest BCUT2D eigenvalue weighted by Gasteiger charge is 2.18. The number of aromatic hydroxyl groups is 1. The lowest BCUT2D eigenvalue weighted by Gasteiger charge is -2.09. The molecule has 0 bridgehead atoms. The molecule has 4 aromatic rings. The SMILES string of the molecule is Cc1cc(C)n(-c2nc(N/N=C/c3cc(Br)cc([N+](=O)[O-])c3O)nc(Nc3ccccc3)n2)n1. The summed E-state index contributed by atoms with van der Waals surface area (Å²) >= 11 is 3.19. The lowest BCUT2D eigenvalue weighted by atomic mass is 10.2. The molecule has 0 amide bonds. The number of phenols is 1. The zero-order valence-electron chi connectivity index (χ0n) is 18.0. The van der Waals surface area contributed by atoms with Gasteiger partial charge in [0.2, 0.25) is 17.6 Å². The second-order valence-electron chi connectivity index (χ2n) is 7.10. The van der Waals surface area contributed by atoms with Gasteiger partial charge in [0.1, 0.15) is 0 Å². The van der Waals surface area contributed by atoms with Gasteiger partial charge in [-0.05, 0) is 38.1 Å². The number of para-hydroxylation sites is 1. The van der Waals surface area contributed by atoms with Gasteiger partial charge in [-0.2, -0.15) is 25.2 Å². The molecule has 0 radical (unpaired) electrons. The van der Waals surface area contributed by atoms with E-state index >= 15 is 0 Å². The maximum Gasteiger partial charge on any atom is 0.312 e. The van der Waals surface area contributed by atoms with Crippen molar-refractivity contribution < 1.29 is 10.0 Å². The van der Waals surface area contributed by atoms with Crippen molar-refractivity contribution >= 4 is 45.4 Å². The number of nitrogens with zero attached hydrogens (tertiary/aromatic N) is 7. The second-order valence-corrected chi connectivity index (χ2v) is 8.02. The van der Waals surface area contributed by atoms with Gasteiger partial charge in [-0.15, -0.1) is 0 Å². The highest BCUT2D eigenvalue weighted by atomic mass is 79.9. The first kappa shape index (κ1) is 22.8. The van der Waals surface area contributed by atoms with Gasteiger partial charge >= 0.3 is 5.69 Å². The van der Waals surface area contributed by atoms with Crippen LogP contribution in [-0.4, -0.2) is 41.0 Å². The average Bonchev–Trinajstić information content (AvgIpc) is 3.14. The summed E-state index contributed by atoms with van der Waals surface area (Å²) < 4.78 is 1.99. The Morgan fingerprint density at radius 1 is 1.12 bits per heavy atom. The third-order valence-electron chi connectivity index (χ3n) is 4.50. The average molecular weight is 524 g/mol. The Labute approximate surface area is 201 Å². The van der Waals surface area contributed by atoms with E-state index < -0.39 is 16.4 Å². The van der Waals surface area contributed by atoms with E-state index in [0.29, 0.717) is 4.47 Å². The molecule has 4 rings (SSSR count). The molecule has 3 N–H and O–H groups in total. The first-order valence-corrected chi connectivity index (χ1v) is 10.7. The lowest BCUT2D eigenvalue weighted by molar-refractivity contribution is -0.385. The molecule has 0 aliphatic rings. The molecule has 0 saturated heterocycles. The minimum absolute atomic E-state index is 0.0937. The number of benzene rings is 2. The van der Waals surface area contributed by atoms with Crippen LogP contribution in [0.25, 0.3) is 5.95 Å². The maximum atomic E-state index is 11.1. The van der Waals surface area contributed by atoms with Crippen molar-refractivity contribution in [1.82, 2.24) is 24.7 Å². The summed E-state index contributed by atoms with van der Waals surface area (Å²) in [6, 6.07) is 13.9. The molecule has 0 unspecified atom stereocenters. The Morgan fingerprint density at radius 3 is 2.53 bits per heavy atom. The normalized spacial score (nSPS) is 11.0. The van der Waals surface area contributed by atoms with Crippen LogP contribution in [0.1, 0.15) is 17.0 Å². The largest absolute Gasteiger partial charge is 0.502 e. The molecular formula is C21H18BrN9O3. The summed E-state index contributed by atoms with van der Waals surface area (Å²) in [5.74, 6) is 0.0976. The van der Waals surface area contributed by atoms with E-state index in [9.17, 15) is 15.2 Å². The number of aryl methyl sites for hydroxylation is 2. The molecule has 0 saturated carbocycles. The van der Waals surface area contributed by atoms with E-state index in [-0.39, 0.29) is 23.4 Å². The van der Waals surface area contributed by atoms with Crippen LogP contribution >= 0.6 is 15.9 Å². The van der Waals surface area contributed by atoms with Crippen molar-refractivity contribution in [2.75, 3.05) is 10.7 Å². The molecule has 12 nitrogen and oxygen atoms in total. The van der Waals surface area contributed by atoms with Gasteiger partial charge in [0.05, 0.1) is 16.8 Å². The molecule has 0 fully saturated rings. The van der Waals surface area contributed by atoms with Crippen molar-refractivity contribution in [2.24, 2.45) is 5.10 Å². The number of aromatic nitrogens is 5. The number of anilines is 3. The number of nitro groups is 1. The zero-order chi connectivity index (χ0) is 24.2. The smallest absolute Gasteiger partial charge is 0.312 e. The minimum atomic E-state index is -0.682. The van der Waals surface area contributed by atoms with Gasteiger partial charge in [0.25, 0.3) is 5.95 Å². The third kappa shape index (κ3) is 5.15. The minimum Gasteiger partial charge on any atom is -0.502 e. The van der Waals surface area contributed by atoms with Crippen LogP contribution in [0.5, 0.6) is 5.75 Å². The van der Waals surface area contributed by atoms with Crippen LogP contribution in [0.15, 0.2) is 58.1 Å². The topological polar surface area (TPSA) is 156 Å². The molecule has 13 heteroatoms. The van der Waals surface area contributed by atoms with Crippen molar-refractivity contribution in [3.63, 3.8) is 0 Å². The molecule has 0 spiro atoms. The van der Waals surface area contributed by atoms with Crippen LogP contribution in [-0.2, 0) is 0 Å². The molecule has 0 atom stereocenters. The number of rotatable bonds is 7. The summed E-state index contributed by atoms with van der Waals surface area (Å²) in [7, 11) is 0. The molecule has 0 aliphatic carbocycles. The molecule has 2 aromatic heterocycles. The fourth-order valence-electron chi connectivity index (χ4n) is 3.05. The highest BCUT2D eigenvalue weighted by molar-refractivity contribution is 9.10. The number of nitrogens with one attached hydrogen (secondary N) is 2. The molecule has 172 valence electrons. The standard InChI is InChI=1S/C21H18BrN9O3/c1-12-8-13(2)30(29-12)21-26-19(24-16-6-4-3-5-7-16)25-20(27-21)28-23-11-14-9-15(22)10-17(18(14)32)31(33)34/h3-11,32H,1-2H3,(H2,24,25,26,27,28)/b23-11+. The van der Waals surface area contributed by atoms with Crippen LogP contribution in [0.4, 0.5) is 23.3 Å². The summed E-state index contributed by atoms with van der Waals surface area (Å²) in [6.07, 6.45) is 1.23. The van der Waals surface area contributed by atoms with Crippen LogP contribution in [0, 0.1) is 24.0 Å². The van der Waals surface area contributed by atoms with E-state index in [4.69, 9.17) is 0 Å².